The summed E-state index contributed by atoms with van der Waals surface area (Å²) in [4.78, 5) is 38.5. The molecular formula is C19H20N2O3. The van der Waals surface area contributed by atoms with E-state index in [2.05, 4.69) is 17.5 Å². The second-order valence-corrected chi connectivity index (χ2v) is 6.99. The van der Waals surface area contributed by atoms with Crippen LogP contribution in [0.1, 0.15) is 18.4 Å². The number of nitrogens with zero attached hydrogens (tertiary/aromatic N) is 1. The minimum Gasteiger partial charge on any atom is -0.326 e. The zero-order chi connectivity index (χ0) is 16.8. The van der Waals surface area contributed by atoms with Gasteiger partial charge in [-0.05, 0) is 37.3 Å². The van der Waals surface area contributed by atoms with Crippen molar-refractivity contribution in [2.75, 3.05) is 11.9 Å². The van der Waals surface area contributed by atoms with Gasteiger partial charge in [-0.3, -0.25) is 19.3 Å². The normalized spacial score (nSPS) is 30.1. The first-order chi connectivity index (χ1) is 11.5. The molecule has 5 heteroatoms. The van der Waals surface area contributed by atoms with Crippen molar-refractivity contribution >= 4 is 23.4 Å². The van der Waals surface area contributed by atoms with Gasteiger partial charge in [-0.15, -0.1) is 0 Å². The van der Waals surface area contributed by atoms with Crippen LogP contribution in [0.15, 0.2) is 36.4 Å². The van der Waals surface area contributed by atoms with Crippen molar-refractivity contribution < 1.29 is 14.4 Å². The fourth-order valence-electron chi connectivity index (χ4n) is 4.26. The van der Waals surface area contributed by atoms with E-state index < -0.39 is 0 Å². The molecule has 4 rings (SSSR count). The lowest BCUT2D eigenvalue weighted by atomic mass is 9.85. The standard InChI is InChI=1S/C19H20N2O3/c1-11-2-6-14(7-3-11)20-15(22)8-9-21-18(23)16-12-4-5-13(10-12)17(16)19(21)24/h2-7,12-13,16-17H,8-10H2,1H3,(H,20,22)/t12-,13-,16+,17+/m0/s1. The number of carbonyl (C=O) groups excluding carboxylic acids is 3. The van der Waals surface area contributed by atoms with Crippen LogP contribution in [0.2, 0.25) is 0 Å². The Morgan fingerprint density at radius 1 is 1.08 bits per heavy atom. The Labute approximate surface area is 140 Å². The molecule has 3 amide bonds. The number of aryl methyl sites for hydroxylation is 1. The maximum atomic E-state index is 12.5. The summed E-state index contributed by atoms with van der Waals surface area (Å²) in [6.07, 6.45) is 5.21. The molecule has 1 aromatic rings. The van der Waals surface area contributed by atoms with Gasteiger partial charge < -0.3 is 5.32 Å². The van der Waals surface area contributed by atoms with E-state index in [0.717, 1.165) is 17.7 Å². The predicted octanol–water partition coefficient (Wildman–Crippen LogP) is 2.13. The molecule has 1 N–H and O–H groups in total. The Morgan fingerprint density at radius 3 is 2.25 bits per heavy atom. The third-order valence-electron chi connectivity index (χ3n) is 5.46. The fourth-order valence-corrected chi connectivity index (χ4v) is 4.26. The Hall–Kier alpha value is -2.43. The van der Waals surface area contributed by atoms with Crippen LogP contribution < -0.4 is 5.32 Å². The quantitative estimate of drug-likeness (QED) is 0.681. The number of nitrogens with one attached hydrogen (secondary N) is 1. The van der Waals surface area contributed by atoms with E-state index in [-0.39, 0.29) is 54.4 Å². The molecule has 0 aromatic heterocycles. The summed E-state index contributed by atoms with van der Waals surface area (Å²) in [6, 6.07) is 7.53. The highest BCUT2D eigenvalue weighted by Gasteiger charge is 2.58. The molecule has 0 radical (unpaired) electrons. The molecule has 0 unspecified atom stereocenters. The van der Waals surface area contributed by atoms with Crippen LogP contribution in [0, 0.1) is 30.6 Å². The maximum absolute atomic E-state index is 12.5. The molecular weight excluding hydrogens is 304 g/mol. The van der Waals surface area contributed by atoms with Crippen molar-refractivity contribution in [3.63, 3.8) is 0 Å². The van der Waals surface area contributed by atoms with E-state index in [1.165, 1.54) is 4.90 Å². The highest BCUT2D eigenvalue weighted by atomic mass is 16.2. The average molecular weight is 324 g/mol. The lowest BCUT2D eigenvalue weighted by molar-refractivity contribution is -0.140. The van der Waals surface area contributed by atoms with E-state index in [4.69, 9.17) is 0 Å². The molecule has 1 saturated carbocycles. The van der Waals surface area contributed by atoms with Crippen LogP contribution in [-0.2, 0) is 14.4 Å². The second kappa shape index (κ2) is 5.58. The van der Waals surface area contributed by atoms with Crippen molar-refractivity contribution in [2.45, 2.75) is 19.8 Å². The van der Waals surface area contributed by atoms with Crippen molar-refractivity contribution in [3.05, 3.63) is 42.0 Å². The number of fused-ring (bicyclic) bond motifs is 5. The zero-order valence-corrected chi connectivity index (χ0v) is 13.6. The van der Waals surface area contributed by atoms with E-state index in [0.29, 0.717) is 0 Å². The topological polar surface area (TPSA) is 66.5 Å². The summed E-state index contributed by atoms with van der Waals surface area (Å²) in [6.45, 7) is 2.15. The molecule has 124 valence electrons. The maximum Gasteiger partial charge on any atom is 0.233 e. The zero-order valence-electron chi connectivity index (χ0n) is 13.6. The van der Waals surface area contributed by atoms with Gasteiger partial charge in [0.15, 0.2) is 0 Å². The van der Waals surface area contributed by atoms with Crippen LogP contribution in [0.3, 0.4) is 0 Å². The summed E-state index contributed by atoms with van der Waals surface area (Å²) in [7, 11) is 0. The number of likely N-dealkylation sites (tertiary alicyclic amines) is 1. The van der Waals surface area contributed by atoms with Gasteiger partial charge in [0, 0.05) is 18.7 Å². The molecule has 1 heterocycles. The van der Waals surface area contributed by atoms with Crippen molar-refractivity contribution in [1.29, 1.82) is 0 Å². The molecule has 3 aliphatic rings. The summed E-state index contributed by atoms with van der Waals surface area (Å²) in [5, 5.41) is 2.80. The highest BCUT2D eigenvalue weighted by molar-refractivity contribution is 6.06. The number of anilines is 1. The van der Waals surface area contributed by atoms with E-state index in [1.807, 2.05) is 31.2 Å². The van der Waals surface area contributed by atoms with Gasteiger partial charge in [-0.2, -0.15) is 0 Å². The van der Waals surface area contributed by atoms with Crippen LogP contribution in [0.5, 0.6) is 0 Å². The molecule has 5 nitrogen and oxygen atoms in total. The number of allylic oxidation sites excluding steroid dienone is 2. The Kier molecular flexibility index (Phi) is 3.52. The molecule has 2 fully saturated rings. The third-order valence-corrected chi connectivity index (χ3v) is 5.46. The highest BCUT2D eigenvalue weighted by Crippen LogP contribution is 2.52. The molecule has 4 atom stereocenters. The Morgan fingerprint density at radius 2 is 1.67 bits per heavy atom. The van der Waals surface area contributed by atoms with Gasteiger partial charge in [0.2, 0.25) is 17.7 Å². The van der Waals surface area contributed by atoms with E-state index >= 15 is 0 Å². The van der Waals surface area contributed by atoms with Gasteiger partial charge >= 0.3 is 0 Å². The lowest BCUT2D eigenvalue weighted by Gasteiger charge is -2.16. The van der Waals surface area contributed by atoms with Crippen molar-refractivity contribution in [3.8, 4) is 0 Å². The molecule has 1 aliphatic heterocycles. The minimum atomic E-state index is -0.187. The number of hydrogen-bond donors (Lipinski definition) is 1. The fraction of sp³-hybridized carbons (Fsp3) is 0.421. The number of carbonyl (C=O) groups is 3. The molecule has 24 heavy (non-hydrogen) atoms. The molecule has 1 aromatic carbocycles. The second-order valence-electron chi connectivity index (χ2n) is 6.99. The first kappa shape index (κ1) is 15.1. The van der Waals surface area contributed by atoms with Crippen LogP contribution in [0.25, 0.3) is 0 Å². The van der Waals surface area contributed by atoms with Crippen LogP contribution >= 0.6 is 0 Å². The van der Waals surface area contributed by atoms with E-state index in [9.17, 15) is 14.4 Å². The number of benzene rings is 1. The molecule has 2 bridgehead atoms. The number of amides is 3. The van der Waals surface area contributed by atoms with Crippen molar-refractivity contribution in [2.24, 2.45) is 23.7 Å². The summed E-state index contributed by atoms with van der Waals surface area (Å²) >= 11 is 0. The van der Waals surface area contributed by atoms with Gasteiger partial charge in [-0.1, -0.05) is 29.8 Å². The molecule has 0 spiro atoms. The minimum absolute atomic E-state index is 0.0926. The van der Waals surface area contributed by atoms with Gasteiger partial charge in [0.1, 0.15) is 0 Å². The monoisotopic (exact) mass is 324 g/mol. The van der Waals surface area contributed by atoms with Gasteiger partial charge in [0.05, 0.1) is 11.8 Å². The first-order valence-corrected chi connectivity index (χ1v) is 8.44. The third kappa shape index (κ3) is 2.35. The van der Waals surface area contributed by atoms with Crippen LogP contribution in [0.4, 0.5) is 5.69 Å². The summed E-state index contributed by atoms with van der Waals surface area (Å²) in [5.41, 5.74) is 1.85. The Bertz CT molecular complexity index is 707. The first-order valence-electron chi connectivity index (χ1n) is 8.44. The smallest absolute Gasteiger partial charge is 0.233 e. The van der Waals surface area contributed by atoms with Crippen LogP contribution in [-0.4, -0.2) is 29.2 Å². The average Bonchev–Trinajstić information content (AvgIpc) is 3.23. The number of rotatable bonds is 4. The number of imide groups is 1. The predicted molar refractivity (Wildman–Crippen MR) is 88.9 cm³/mol. The van der Waals surface area contributed by atoms with Gasteiger partial charge in [-0.25, -0.2) is 0 Å². The molecule has 2 aliphatic carbocycles. The lowest BCUT2D eigenvalue weighted by Crippen LogP contribution is -2.35. The summed E-state index contributed by atoms with van der Waals surface area (Å²) < 4.78 is 0. The van der Waals surface area contributed by atoms with Crippen molar-refractivity contribution in [1.82, 2.24) is 4.90 Å². The van der Waals surface area contributed by atoms with E-state index in [1.54, 1.807) is 0 Å². The molecule has 1 saturated heterocycles. The SMILES string of the molecule is Cc1ccc(NC(=O)CCN2C(=O)[C@H]3[C@H](C2=O)[C@H]2C=C[C@H]3C2)cc1. The largest absolute Gasteiger partial charge is 0.326 e. The summed E-state index contributed by atoms with van der Waals surface area (Å²) in [5.74, 6) is -0.321. The number of hydrogen-bond acceptors (Lipinski definition) is 3. The Balaban J connectivity index is 1.36. The van der Waals surface area contributed by atoms with Gasteiger partial charge in [0.25, 0.3) is 0 Å².